The number of rotatable bonds is 13. The van der Waals surface area contributed by atoms with Gasteiger partial charge in [0.05, 0.1) is 17.7 Å². The molecule has 0 aliphatic rings. The van der Waals surface area contributed by atoms with Crippen LogP contribution in [0.5, 0.6) is 5.75 Å². The fraction of sp³-hybridized carbons (Fsp3) is 0.355. The predicted octanol–water partition coefficient (Wildman–Crippen LogP) is 5.57. The molecule has 3 aromatic carbocycles. The molecule has 0 aromatic heterocycles. The van der Waals surface area contributed by atoms with E-state index in [2.05, 4.69) is 5.32 Å². The third-order valence-electron chi connectivity index (χ3n) is 6.84. The number of amides is 2. The molecule has 2 amide bonds. The Bertz CT molecular complexity index is 1450. The van der Waals surface area contributed by atoms with Gasteiger partial charge >= 0.3 is 0 Å². The minimum atomic E-state index is -4.24. The van der Waals surface area contributed by atoms with Crippen LogP contribution in [0.3, 0.4) is 0 Å². The molecule has 0 heterocycles. The van der Waals surface area contributed by atoms with Crippen molar-refractivity contribution in [2.24, 2.45) is 0 Å². The smallest absolute Gasteiger partial charge is 0.264 e. The summed E-state index contributed by atoms with van der Waals surface area (Å²) in [7, 11) is -2.83. The number of nitrogens with one attached hydrogen (secondary N) is 1. The maximum Gasteiger partial charge on any atom is 0.264 e. The Hall–Kier alpha value is -3.56. The summed E-state index contributed by atoms with van der Waals surface area (Å²) in [4.78, 5) is 29.1. The van der Waals surface area contributed by atoms with E-state index < -0.39 is 28.5 Å². The van der Waals surface area contributed by atoms with Crippen molar-refractivity contribution in [1.82, 2.24) is 10.2 Å². The van der Waals surface area contributed by atoms with Gasteiger partial charge in [0, 0.05) is 17.6 Å². The van der Waals surface area contributed by atoms with Gasteiger partial charge in [-0.05, 0) is 62.6 Å². The van der Waals surface area contributed by atoms with E-state index in [4.69, 9.17) is 16.3 Å². The van der Waals surface area contributed by atoms with Crippen molar-refractivity contribution in [1.29, 1.82) is 0 Å². The number of carbonyl (C=O) groups excluding carboxylic acids is 2. The van der Waals surface area contributed by atoms with Crippen molar-refractivity contribution in [3.63, 3.8) is 0 Å². The van der Waals surface area contributed by atoms with Crippen LogP contribution in [0.1, 0.15) is 44.7 Å². The fourth-order valence-electron chi connectivity index (χ4n) is 4.46. The number of halogens is 1. The second kappa shape index (κ2) is 14.4. The lowest BCUT2D eigenvalue weighted by Crippen LogP contribution is -2.53. The summed E-state index contributed by atoms with van der Waals surface area (Å²) in [6, 6.07) is 19.2. The van der Waals surface area contributed by atoms with E-state index in [0.29, 0.717) is 6.42 Å². The van der Waals surface area contributed by atoms with Gasteiger partial charge < -0.3 is 15.0 Å². The molecule has 0 bridgehead atoms. The van der Waals surface area contributed by atoms with Crippen LogP contribution in [-0.4, -0.2) is 50.9 Å². The number of hydrogen-bond donors (Lipinski definition) is 1. The number of sulfonamides is 1. The summed E-state index contributed by atoms with van der Waals surface area (Å²) in [6.07, 6.45) is 1.07. The van der Waals surface area contributed by atoms with Crippen LogP contribution in [0.4, 0.5) is 5.69 Å². The molecule has 0 saturated carbocycles. The average molecular weight is 600 g/mol. The van der Waals surface area contributed by atoms with E-state index in [0.717, 1.165) is 21.9 Å². The lowest BCUT2D eigenvalue weighted by Gasteiger charge is -2.34. The second-order valence-corrected chi connectivity index (χ2v) is 12.2. The number of hydrogen-bond acceptors (Lipinski definition) is 5. The van der Waals surface area contributed by atoms with Gasteiger partial charge in [-0.2, -0.15) is 0 Å². The van der Waals surface area contributed by atoms with Crippen LogP contribution in [0.2, 0.25) is 5.02 Å². The maximum absolute atomic E-state index is 14.2. The second-order valence-electron chi connectivity index (χ2n) is 9.89. The summed E-state index contributed by atoms with van der Waals surface area (Å²) in [6.45, 7) is 7.19. The molecule has 8 nitrogen and oxygen atoms in total. The molecule has 0 aliphatic heterocycles. The zero-order valence-electron chi connectivity index (χ0n) is 24.1. The monoisotopic (exact) mass is 599 g/mol. The van der Waals surface area contributed by atoms with E-state index in [-0.39, 0.29) is 39.8 Å². The Morgan fingerprint density at radius 2 is 1.68 bits per heavy atom. The van der Waals surface area contributed by atoms with Crippen molar-refractivity contribution in [3.8, 4) is 5.75 Å². The van der Waals surface area contributed by atoms with Gasteiger partial charge in [-0.3, -0.25) is 13.9 Å². The van der Waals surface area contributed by atoms with Crippen molar-refractivity contribution in [2.45, 2.75) is 64.1 Å². The molecular formula is C31H38ClN3O5S. The van der Waals surface area contributed by atoms with Crippen LogP contribution in [-0.2, 0) is 26.2 Å². The number of benzene rings is 3. The van der Waals surface area contributed by atoms with E-state index >= 15 is 0 Å². The molecule has 3 rings (SSSR count). The Labute approximate surface area is 248 Å². The normalized spacial score (nSPS) is 12.7. The van der Waals surface area contributed by atoms with Crippen LogP contribution < -0.4 is 14.4 Å². The Kier molecular flexibility index (Phi) is 11.2. The lowest BCUT2D eigenvalue weighted by atomic mass is 10.1. The maximum atomic E-state index is 14.2. The topological polar surface area (TPSA) is 96.0 Å². The first kappa shape index (κ1) is 32.0. The fourth-order valence-corrected chi connectivity index (χ4v) is 6.06. The van der Waals surface area contributed by atoms with Crippen LogP contribution >= 0.6 is 11.6 Å². The van der Waals surface area contributed by atoms with Crippen molar-refractivity contribution in [2.75, 3.05) is 18.0 Å². The molecule has 0 spiro atoms. The summed E-state index contributed by atoms with van der Waals surface area (Å²) >= 11 is 6.29. The van der Waals surface area contributed by atoms with Gasteiger partial charge in [-0.25, -0.2) is 8.42 Å². The van der Waals surface area contributed by atoms with Crippen LogP contribution in [0, 0.1) is 6.92 Å². The molecule has 3 aromatic rings. The highest BCUT2D eigenvalue weighted by atomic mass is 35.5. The number of anilines is 1. The van der Waals surface area contributed by atoms with Crippen molar-refractivity contribution < 1.29 is 22.7 Å². The molecule has 0 unspecified atom stereocenters. The zero-order chi connectivity index (χ0) is 30.2. The third kappa shape index (κ3) is 8.01. The summed E-state index contributed by atoms with van der Waals surface area (Å²) in [5.74, 6) is -0.603. The first-order valence-electron chi connectivity index (χ1n) is 13.6. The Balaban J connectivity index is 2.12. The molecule has 1 N–H and O–H groups in total. The average Bonchev–Trinajstić information content (AvgIpc) is 2.96. The molecular weight excluding hydrogens is 562 g/mol. The third-order valence-corrected chi connectivity index (χ3v) is 8.85. The van der Waals surface area contributed by atoms with Crippen LogP contribution in [0.15, 0.2) is 77.7 Å². The van der Waals surface area contributed by atoms with Crippen molar-refractivity contribution >= 4 is 39.1 Å². The van der Waals surface area contributed by atoms with Gasteiger partial charge in [-0.15, -0.1) is 0 Å². The summed E-state index contributed by atoms with van der Waals surface area (Å²) < 4.78 is 34.5. The Morgan fingerprint density at radius 1 is 0.976 bits per heavy atom. The molecule has 220 valence electrons. The Morgan fingerprint density at radius 3 is 2.29 bits per heavy atom. The molecule has 0 radical (unpaired) electrons. The standard InChI is InChI=1S/C31H38ClN3O5S/c1-6-23(4)33-31(37)27(7-2)34(20-24-13-11-12-22(3)18-24)30(36)21-35(28-19-25(32)16-17-29(28)40-5)41(38,39)26-14-9-8-10-15-26/h8-19,23,27H,6-7,20-21H2,1-5H3,(H,33,37)/t23-,27-/m1/s1. The highest BCUT2D eigenvalue weighted by Crippen LogP contribution is 2.35. The highest BCUT2D eigenvalue weighted by Gasteiger charge is 2.35. The lowest BCUT2D eigenvalue weighted by molar-refractivity contribution is -0.140. The SMILES string of the molecule is CC[C@@H](C)NC(=O)[C@@H](CC)N(Cc1cccc(C)c1)C(=O)CN(c1cc(Cl)ccc1OC)S(=O)(=O)c1ccccc1. The van der Waals surface area contributed by atoms with Gasteiger partial charge in [-0.1, -0.05) is 73.5 Å². The van der Waals surface area contributed by atoms with Crippen LogP contribution in [0.25, 0.3) is 0 Å². The first-order valence-corrected chi connectivity index (χ1v) is 15.4. The zero-order valence-corrected chi connectivity index (χ0v) is 25.7. The van der Waals surface area contributed by atoms with E-state index in [1.165, 1.54) is 30.2 Å². The van der Waals surface area contributed by atoms with Gasteiger partial charge in [0.15, 0.2) is 0 Å². The molecule has 2 atom stereocenters. The van der Waals surface area contributed by atoms with Gasteiger partial charge in [0.2, 0.25) is 11.8 Å². The van der Waals surface area contributed by atoms with Crippen molar-refractivity contribution in [3.05, 3.63) is 88.9 Å². The minimum absolute atomic E-state index is 0.00150. The quantitative estimate of drug-likeness (QED) is 0.277. The van der Waals surface area contributed by atoms with E-state index in [1.807, 2.05) is 52.0 Å². The summed E-state index contributed by atoms with van der Waals surface area (Å²) in [5.41, 5.74) is 1.94. The largest absolute Gasteiger partial charge is 0.495 e. The first-order chi connectivity index (χ1) is 19.5. The number of aryl methyl sites for hydroxylation is 1. The molecule has 0 saturated heterocycles. The van der Waals surface area contributed by atoms with E-state index in [9.17, 15) is 18.0 Å². The number of methoxy groups -OCH3 is 1. The van der Waals surface area contributed by atoms with Gasteiger partial charge in [0.1, 0.15) is 18.3 Å². The minimum Gasteiger partial charge on any atom is -0.495 e. The molecule has 10 heteroatoms. The highest BCUT2D eigenvalue weighted by molar-refractivity contribution is 7.92. The number of nitrogens with zero attached hydrogens (tertiary/aromatic N) is 2. The predicted molar refractivity (Wildman–Crippen MR) is 163 cm³/mol. The van der Waals surface area contributed by atoms with Gasteiger partial charge in [0.25, 0.3) is 10.0 Å². The molecule has 0 fully saturated rings. The number of ether oxygens (including phenoxy) is 1. The van der Waals surface area contributed by atoms with E-state index in [1.54, 1.807) is 30.3 Å². The molecule has 0 aliphatic carbocycles. The summed E-state index contributed by atoms with van der Waals surface area (Å²) in [5, 5.41) is 3.25. The number of carbonyl (C=O) groups is 2. The molecule has 41 heavy (non-hydrogen) atoms.